The van der Waals surface area contributed by atoms with Gasteiger partial charge in [0.2, 0.25) is 0 Å². The zero-order valence-electron chi connectivity index (χ0n) is 20.5. The van der Waals surface area contributed by atoms with E-state index in [1.54, 1.807) is 0 Å². The fraction of sp³-hybridized carbons (Fsp3) is 0.276. The number of rotatable bonds is 3. The Balaban J connectivity index is 0.000000228. The summed E-state index contributed by atoms with van der Waals surface area (Å²) in [6.07, 6.45) is 6.64. The van der Waals surface area contributed by atoms with Gasteiger partial charge in [0.1, 0.15) is 0 Å². The Kier molecular flexibility index (Phi) is 9.64. The van der Waals surface area contributed by atoms with Gasteiger partial charge in [-0.3, -0.25) is 9.97 Å². The number of aromatic nitrogens is 3. The maximum Gasteiger partial charge on any atom is 0.0748 e. The molecule has 173 valence electrons. The molecule has 0 bridgehead atoms. The molecule has 2 heterocycles. The van der Waals surface area contributed by atoms with Crippen molar-refractivity contribution in [3.63, 3.8) is 0 Å². The smallest absolute Gasteiger partial charge is 0.0748 e. The van der Waals surface area contributed by atoms with Gasteiger partial charge >= 0.3 is 0 Å². The summed E-state index contributed by atoms with van der Waals surface area (Å²) >= 11 is 0. The molecular weight excluding hydrogens is 583 g/mol. The number of hydrogen-bond donors (Lipinski definition) is 0. The van der Waals surface area contributed by atoms with Crippen LogP contribution in [0.2, 0.25) is 0 Å². The third-order valence-electron chi connectivity index (χ3n) is 5.53. The zero-order valence-corrected chi connectivity index (χ0v) is 22.9. The number of pyridine rings is 1. The monoisotopic (exact) mass is 614 g/mol. The Morgan fingerprint density at radius 1 is 0.727 bits per heavy atom. The van der Waals surface area contributed by atoms with Gasteiger partial charge in [0, 0.05) is 38.7 Å². The van der Waals surface area contributed by atoms with Crippen LogP contribution in [-0.4, -0.2) is 15.0 Å². The molecule has 0 amide bonds. The van der Waals surface area contributed by atoms with Crippen molar-refractivity contribution in [3.8, 4) is 22.6 Å². The van der Waals surface area contributed by atoms with E-state index in [1.165, 1.54) is 27.8 Å². The van der Waals surface area contributed by atoms with Gasteiger partial charge in [-0.1, -0.05) is 53.7 Å². The Morgan fingerprint density at radius 2 is 1.42 bits per heavy atom. The quantitative estimate of drug-likeness (QED) is 0.236. The van der Waals surface area contributed by atoms with Crippen LogP contribution in [0.1, 0.15) is 45.9 Å². The van der Waals surface area contributed by atoms with Crippen molar-refractivity contribution in [3.05, 3.63) is 100.0 Å². The average molecular weight is 614 g/mol. The fourth-order valence-corrected chi connectivity index (χ4v) is 3.41. The van der Waals surface area contributed by atoms with Crippen molar-refractivity contribution in [2.75, 3.05) is 0 Å². The molecule has 0 aliphatic heterocycles. The van der Waals surface area contributed by atoms with E-state index in [0.29, 0.717) is 0 Å². The summed E-state index contributed by atoms with van der Waals surface area (Å²) in [5.74, 6) is 0.758. The third-order valence-corrected chi connectivity index (χ3v) is 5.53. The molecule has 0 saturated heterocycles. The van der Waals surface area contributed by atoms with Gasteiger partial charge in [-0.05, 0) is 30.2 Å². The van der Waals surface area contributed by atoms with Crippen LogP contribution in [0, 0.1) is 53.7 Å². The van der Waals surface area contributed by atoms with E-state index in [0.717, 1.165) is 40.2 Å². The fourth-order valence-electron chi connectivity index (χ4n) is 3.41. The average Bonchev–Trinajstić information content (AvgIpc) is 2.77. The Labute approximate surface area is 212 Å². The molecule has 4 aromatic rings. The normalized spacial score (nSPS) is 10.2. The molecule has 4 rings (SSSR count). The molecule has 4 heteroatoms. The molecule has 0 N–H and O–H groups in total. The van der Waals surface area contributed by atoms with Gasteiger partial charge in [-0.25, -0.2) is 0 Å². The standard InChI is InChI=1S/C15H17N2.C14H14N.Ir/c1-5-13-8-16-15(17-9-13)14-6-10(2)12(4)11(3)7-14;1-10-4-5-14(15-9-10)13-7-11(2)6-12(3)8-13;/h6,8-9H,5H2,1-4H3;4-7,9H,1-3H3;/q2*-1;. The maximum absolute atomic E-state index is 4.40. The van der Waals surface area contributed by atoms with E-state index in [4.69, 9.17) is 0 Å². The molecule has 0 fully saturated rings. The number of nitrogens with zero attached hydrogens (tertiary/aromatic N) is 3. The molecule has 1 radical (unpaired) electrons. The van der Waals surface area contributed by atoms with Crippen molar-refractivity contribution in [1.82, 2.24) is 15.0 Å². The topological polar surface area (TPSA) is 38.7 Å². The van der Waals surface area contributed by atoms with Crippen molar-refractivity contribution in [1.29, 1.82) is 0 Å². The Bertz CT molecular complexity index is 1150. The maximum atomic E-state index is 4.40. The first kappa shape index (κ1) is 26.6. The molecule has 2 aromatic carbocycles. The molecule has 0 atom stereocenters. The van der Waals surface area contributed by atoms with Crippen molar-refractivity contribution in [2.24, 2.45) is 0 Å². The van der Waals surface area contributed by atoms with E-state index in [1.807, 2.05) is 31.6 Å². The molecule has 0 saturated carbocycles. The van der Waals surface area contributed by atoms with Gasteiger partial charge in [0.05, 0.1) is 5.82 Å². The van der Waals surface area contributed by atoms with Crippen molar-refractivity contribution < 1.29 is 20.1 Å². The summed E-state index contributed by atoms with van der Waals surface area (Å²) in [7, 11) is 0. The number of aryl methyl sites for hydroxylation is 6. The summed E-state index contributed by atoms with van der Waals surface area (Å²) in [4.78, 5) is 13.2. The first-order valence-electron chi connectivity index (χ1n) is 11.0. The van der Waals surface area contributed by atoms with Gasteiger partial charge in [0.15, 0.2) is 0 Å². The van der Waals surface area contributed by atoms with Crippen LogP contribution in [-0.2, 0) is 26.5 Å². The third kappa shape index (κ3) is 7.15. The van der Waals surface area contributed by atoms with Gasteiger partial charge < -0.3 is 4.98 Å². The molecule has 2 aromatic heterocycles. The van der Waals surface area contributed by atoms with Crippen LogP contribution in [0.4, 0.5) is 0 Å². The SMILES string of the molecule is CCc1cnc(-c2[c-]c(C)c(C)c(C)c2)nc1.Cc1[c-]c(-c2ccc(C)cn2)cc(C)c1.[Ir]. The van der Waals surface area contributed by atoms with E-state index < -0.39 is 0 Å². The van der Waals surface area contributed by atoms with Gasteiger partial charge in [-0.2, -0.15) is 0 Å². The molecule has 33 heavy (non-hydrogen) atoms. The minimum atomic E-state index is 0. The van der Waals surface area contributed by atoms with Crippen LogP contribution < -0.4 is 0 Å². The molecule has 3 nitrogen and oxygen atoms in total. The van der Waals surface area contributed by atoms with Crippen molar-refractivity contribution in [2.45, 2.75) is 54.9 Å². The minimum absolute atomic E-state index is 0. The first-order chi connectivity index (χ1) is 15.3. The molecule has 0 spiro atoms. The molecular formula is C29H31IrN3-2. The van der Waals surface area contributed by atoms with E-state index in [2.05, 4.69) is 92.9 Å². The summed E-state index contributed by atoms with van der Waals surface area (Å²) in [5, 5.41) is 0. The van der Waals surface area contributed by atoms with Crippen LogP contribution in [0.25, 0.3) is 22.6 Å². The summed E-state index contributed by atoms with van der Waals surface area (Å²) < 4.78 is 0. The summed E-state index contributed by atoms with van der Waals surface area (Å²) in [6, 6.07) is 17.1. The van der Waals surface area contributed by atoms with Crippen molar-refractivity contribution >= 4 is 0 Å². The second kappa shape index (κ2) is 12.0. The van der Waals surface area contributed by atoms with E-state index in [-0.39, 0.29) is 20.1 Å². The first-order valence-corrected chi connectivity index (χ1v) is 11.0. The largest absolute Gasteiger partial charge is 0.304 e. The van der Waals surface area contributed by atoms with Gasteiger partial charge in [0.25, 0.3) is 0 Å². The predicted octanol–water partition coefficient (Wildman–Crippen LogP) is 6.90. The Hall–Kier alpha value is -2.68. The predicted molar refractivity (Wildman–Crippen MR) is 133 cm³/mol. The second-order valence-electron chi connectivity index (χ2n) is 8.36. The summed E-state index contributed by atoms with van der Waals surface area (Å²) in [6.45, 7) is 14.6. The van der Waals surface area contributed by atoms with Crippen LogP contribution in [0.3, 0.4) is 0 Å². The zero-order chi connectivity index (χ0) is 23.3. The number of benzene rings is 2. The molecule has 0 aliphatic rings. The van der Waals surface area contributed by atoms with E-state index >= 15 is 0 Å². The molecule has 0 aliphatic carbocycles. The van der Waals surface area contributed by atoms with E-state index in [9.17, 15) is 0 Å². The van der Waals surface area contributed by atoms with Gasteiger partial charge in [-0.15, -0.1) is 69.3 Å². The molecule has 0 unspecified atom stereocenters. The number of hydrogen-bond acceptors (Lipinski definition) is 3. The van der Waals surface area contributed by atoms with Crippen LogP contribution in [0.5, 0.6) is 0 Å². The minimum Gasteiger partial charge on any atom is -0.304 e. The van der Waals surface area contributed by atoms with Crippen LogP contribution in [0.15, 0.2) is 48.9 Å². The van der Waals surface area contributed by atoms with Crippen LogP contribution >= 0.6 is 0 Å². The second-order valence-corrected chi connectivity index (χ2v) is 8.36. The summed E-state index contributed by atoms with van der Waals surface area (Å²) in [5.41, 5.74) is 11.5. The Morgan fingerprint density at radius 3 is 1.97 bits per heavy atom.